The van der Waals surface area contributed by atoms with Gasteiger partial charge in [-0.05, 0) is 84.2 Å². The van der Waals surface area contributed by atoms with E-state index in [0.717, 1.165) is 0 Å². The quantitative estimate of drug-likeness (QED) is 0.154. The number of hydrogen-bond donors (Lipinski definition) is 2. The fourth-order valence-corrected chi connectivity index (χ4v) is 10.7. The van der Waals surface area contributed by atoms with Crippen molar-refractivity contribution in [3.05, 3.63) is 82.9 Å². The number of rotatable bonds is 10. The molecule has 0 aromatic heterocycles. The molecule has 1 unspecified atom stereocenters. The van der Waals surface area contributed by atoms with E-state index in [0.29, 0.717) is 4.90 Å². The summed E-state index contributed by atoms with van der Waals surface area (Å²) in [5, 5.41) is 26.1. The van der Waals surface area contributed by atoms with Gasteiger partial charge < -0.3 is 48.1 Å². The second-order valence-corrected chi connectivity index (χ2v) is 20.6. The van der Waals surface area contributed by atoms with Gasteiger partial charge in [0, 0.05) is 39.4 Å². The number of ketones is 1. The first-order chi connectivity index (χ1) is 31.1. The largest absolute Gasteiger partial charge is 0.456 e. The highest BCUT2D eigenvalue weighted by Gasteiger charge is 2.78. The number of nitrogens with zero attached hydrogens (tertiary/aromatic N) is 1. The van der Waals surface area contributed by atoms with Crippen molar-refractivity contribution in [2.75, 3.05) is 20.8 Å². The molecule has 4 aliphatic rings. The predicted octanol–water partition coefficient (Wildman–Crippen LogP) is 6.22. The van der Waals surface area contributed by atoms with Crippen LogP contribution in [-0.2, 0) is 52.3 Å². The van der Waals surface area contributed by atoms with Crippen LogP contribution in [-0.4, -0.2) is 131 Å². The zero-order chi connectivity index (χ0) is 49.8. The Labute approximate surface area is 391 Å². The summed E-state index contributed by atoms with van der Waals surface area (Å²) < 4.78 is 48.4. The summed E-state index contributed by atoms with van der Waals surface area (Å²) in [6.45, 7) is 17.0. The Morgan fingerprint density at radius 2 is 1.39 bits per heavy atom. The molecular formula is C50H65NO16. The first kappa shape index (κ1) is 51.2. The average Bonchev–Trinajstić information content (AvgIpc) is 3.23. The number of Topliss-reactive ketones (excluding diaryl/α,β-unsaturated/α-hetero) is 1. The normalized spacial score (nSPS) is 30.9. The van der Waals surface area contributed by atoms with Crippen molar-refractivity contribution in [3.63, 3.8) is 0 Å². The molecule has 2 aromatic carbocycles. The van der Waals surface area contributed by atoms with Gasteiger partial charge in [-0.2, -0.15) is 0 Å². The molecule has 0 spiro atoms. The third-order valence-electron chi connectivity index (χ3n) is 13.8. The first-order valence-corrected chi connectivity index (χ1v) is 22.4. The third kappa shape index (κ3) is 9.12. The number of methoxy groups -OCH3 is 2. The fourth-order valence-electron chi connectivity index (χ4n) is 10.7. The van der Waals surface area contributed by atoms with Crippen molar-refractivity contribution in [3.8, 4) is 0 Å². The van der Waals surface area contributed by atoms with Crippen molar-refractivity contribution >= 4 is 35.9 Å². The Morgan fingerprint density at radius 3 is 1.87 bits per heavy atom. The van der Waals surface area contributed by atoms with Gasteiger partial charge in [0.25, 0.3) is 0 Å². The Hall–Kier alpha value is -5.20. The van der Waals surface area contributed by atoms with Gasteiger partial charge in [-0.15, -0.1) is 0 Å². The van der Waals surface area contributed by atoms with E-state index in [1.54, 1.807) is 106 Å². The number of amides is 2. The number of aliphatic hydroxyl groups is 2. The molecule has 1 saturated heterocycles. The fraction of sp³-hybridized carbons (Fsp3) is 0.600. The molecule has 0 radical (unpaired) electrons. The van der Waals surface area contributed by atoms with Crippen LogP contribution in [0.25, 0.3) is 0 Å². The highest BCUT2D eigenvalue weighted by molar-refractivity contribution is 5.94. The molecule has 2 N–H and O–H groups in total. The predicted molar refractivity (Wildman–Crippen MR) is 238 cm³/mol. The van der Waals surface area contributed by atoms with Crippen LogP contribution in [0, 0.1) is 16.7 Å². The molecule has 3 fully saturated rings. The van der Waals surface area contributed by atoms with E-state index in [9.17, 15) is 34.2 Å². The lowest BCUT2D eigenvalue weighted by Crippen LogP contribution is -2.82. The van der Waals surface area contributed by atoms with E-state index in [1.807, 2.05) is 0 Å². The molecule has 3 aliphatic carbocycles. The summed E-state index contributed by atoms with van der Waals surface area (Å²) in [4.78, 5) is 86.5. The van der Waals surface area contributed by atoms with E-state index >= 15 is 4.79 Å². The van der Waals surface area contributed by atoms with Crippen LogP contribution in [0.3, 0.4) is 0 Å². The summed E-state index contributed by atoms with van der Waals surface area (Å²) in [7, 11) is 2.74. The highest BCUT2D eigenvalue weighted by Crippen LogP contribution is 2.65. The van der Waals surface area contributed by atoms with Gasteiger partial charge in [0.15, 0.2) is 17.5 Å². The lowest BCUT2D eigenvalue weighted by molar-refractivity contribution is -0.347. The topological polar surface area (TPSA) is 220 Å². The average molecular weight is 936 g/mol. The number of carbonyl (C=O) groups excluding carboxylic acids is 6. The summed E-state index contributed by atoms with van der Waals surface area (Å²) >= 11 is 0. The maximum Gasteiger partial charge on any atom is 0.420 e. The van der Waals surface area contributed by atoms with Crippen molar-refractivity contribution in [1.29, 1.82) is 0 Å². The molecule has 1 aliphatic heterocycles. The SMILES string of the molecule is CO[C@H]1C(=O)[C@]2(C)[C@@H](OC)C[C@H]3OC[C@@]3(OC(C)=O)[C@H]2[C@H](OC(=O)c2ccccc2)C2(O)C[C@H](OC(=O)[C@H](O)[C@H](c3ccccc3)N(C(=O)OC(C)(C)C)C(=O)OC(C)(C)C)C(C)=C1C2(C)C. The number of carbonyl (C=O) groups is 6. The molecule has 2 saturated carbocycles. The molecule has 1 heterocycles. The van der Waals surface area contributed by atoms with Gasteiger partial charge >= 0.3 is 30.1 Å². The number of hydrogen-bond acceptors (Lipinski definition) is 16. The number of imide groups is 1. The van der Waals surface area contributed by atoms with Crippen molar-refractivity contribution < 1.29 is 76.9 Å². The van der Waals surface area contributed by atoms with E-state index in [2.05, 4.69) is 0 Å². The van der Waals surface area contributed by atoms with Gasteiger partial charge in [-0.3, -0.25) is 9.59 Å². The number of fused-ring (bicyclic) bond motifs is 5. The van der Waals surface area contributed by atoms with Gasteiger partial charge in [0.1, 0.15) is 47.3 Å². The van der Waals surface area contributed by atoms with Crippen LogP contribution in [0.4, 0.5) is 9.59 Å². The minimum Gasteiger partial charge on any atom is -0.456 e. The van der Waals surface area contributed by atoms with E-state index in [-0.39, 0.29) is 35.3 Å². The molecular weight excluding hydrogens is 871 g/mol. The molecule has 2 aromatic rings. The zero-order valence-electron chi connectivity index (χ0n) is 40.6. The number of esters is 3. The van der Waals surface area contributed by atoms with Crippen molar-refractivity contribution in [2.45, 2.75) is 154 Å². The zero-order valence-corrected chi connectivity index (χ0v) is 40.6. The van der Waals surface area contributed by atoms with Gasteiger partial charge in [-0.25, -0.2) is 24.1 Å². The van der Waals surface area contributed by atoms with E-state index in [4.69, 9.17) is 37.9 Å². The molecule has 2 bridgehead atoms. The maximum atomic E-state index is 15.7. The summed E-state index contributed by atoms with van der Waals surface area (Å²) in [5.41, 5.74) is -8.81. The molecule has 6 rings (SSSR count). The standard InChI is InChI=1S/C50H65NO16/c1-27-31(63-42(56)36(53)35(29-20-16-14-17-21-29)51(43(57)66-45(3,4)5)44(58)67-46(6,7)8)25-50(59)40(64-41(55)30-22-18-15-19-23-30)38-48(11,39(54)37(61-13)34(27)47(50,9)10)32(60-12)24-33-49(38,26-62-33)65-28(2)52/h14-23,31-33,35-38,40,53,59H,24-26H2,1-13H3/t31-,32-,33+,35-,36+,37+,38-,40-,48+,49-,50?/m0/s1. The Balaban J connectivity index is 1.55. The molecule has 2 amide bonds. The second-order valence-electron chi connectivity index (χ2n) is 20.6. The van der Waals surface area contributed by atoms with Crippen LogP contribution in [0.5, 0.6) is 0 Å². The first-order valence-electron chi connectivity index (χ1n) is 22.4. The Morgan fingerprint density at radius 1 is 0.836 bits per heavy atom. The minimum atomic E-state index is -2.31. The molecule has 17 heteroatoms. The van der Waals surface area contributed by atoms with E-state index < -0.39 is 124 Å². The van der Waals surface area contributed by atoms with Gasteiger partial charge in [-0.1, -0.05) is 62.4 Å². The van der Waals surface area contributed by atoms with Crippen LogP contribution >= 0.6 is 0 Å². The van der Waals surface area contributed by atoms with Gasteiger partial charge in [0.05, 0.1) is 29.6 Å². The molecule has 67 heavy (non-hydrogen) atoms. The van der Waals surface area contributed by atoms with Crippen LogP contribution in [0.1, 0.15) is 111 Å². The third-order valence-corrected chi connectivity index (χ3v) is 13.8. The van der Waals surface area contributed by atoms with Crippen molar-refractivity contribution in [2.24, 2.45) is 16.7 Å². The van der Waals surface area contributed by atoms with Crippen LogP contribution in [0.15, 0.2) is 71.8 Å². The number of benzene rings is 2. The van der Waals surface area contributed by atoms with Gasteiger partial charge in [0.2, 0.25) is 0 Å². The van der Waals surface area contributed by atoms with E-state index in [1.165, 1.54) is 45.4 Å². The second kappa shape index (κ2) is 18.4. The van der Waals surface area contributed by atoms with Crippen LogP contribution < -0.4 is 0 Å². The Bertz CT molecular complexity index is 2240. The maximum absolute atomic E-state index is 15.7. The number of ether oxygens (including phenoxy) is 8. The monoisotopic (exact) mass is 935 g/mol. The molecule has 11 atom stereocenters. The number of aliphatic hydroxyl groups excluding tert-OH is 1. The summed E-state index contributed by atoms with van der Waals surface area (Å²) in [6.07, 6.45) is -11.7. The molecule has 17 nitrogen and oxygen atoms in total. The smallest absolute Gasteiger partial charge is 0.420 e. The van der Waals surface area contributed by atoms with Crippen molar-refractivity contribution in [1.82, 2.24) is 4.90 Å². The van der Waals surface area contributed by atoms with Crippen LogP contribution in [0.2, 0.25) is 0 Å². The lowest BCUT2D eigenvalue weighted by Gasteiger charge is -2.67. The summed E-state index contributed by atoms with van der Waals surface area (Å²) in [6, 6.07) is 14.0. The molecule has 366 valence electrons. The highest BCUT2D eigenvalue weighted by atomic mass is 16.6. The minimum absolute atomic E-state index is 0.0858. The Kier molecular flexibility index (Phi) is 14.0. The lowest BCUT2D eigenvalue weighted by atomic mass is 9.44. The summed E-state index contributed by atoms with van der Waals surface area (Å²) in [5.74, 6) is -4.88.